The highest BCUT2D eigenvalue weighted by molar-refractivity contribution is 6.42. The number of fused-ring (bicyclic) bond motifs is 1. The highest BCUT2D eigenvalue weighted by Gasteiger charge is 2.15. The van der Waals surface area contributed by atoms with Crippen molar-refractivity contribution < 1.29 is 23.7 Å². The summed E-state index contributed by atoms with van der Waals surface area (Å²) in [5.41, 5.74) is 2.06. The van der Waals surface area contributed by atoms with E-state index in [2.05, 4.69) is 0 Å². The Bertz CT molecular complexity index is 1170. The Balaban J connectivity index is 1.54. The van der Waals surface area contributed by atoms with E-state index in [1.165, 1.54) is 6.08 Å². The van der Waals surface area contributed by atoms with Crippen LogP contribution in [-0.4, -0.2) is 26.1 Å². The third-order valence-electron chi connectivity index (χ3n) is 4.84. The maximum atomic E-state index is 12.7. The Hall–Kier alpha value is -3.15. The van der Waals surface area contributed by atoms with Crippen LogP contribution in [0.2, 0.25) is 10.0 Å². The van der Waals surface area contributed by atoms with Gasteiger partial charge in [0.1, 0.15) is 19.8 Å². The molecule has 0 atom stereocenters. The number of hydrogen-bond acceptors (Lipinski definition) is 5. The minimum absolute atomic E-state index is 0.166. The van der Waals surface area contributed by atoms with E-state index < -0.39 is 0 Å². The fourth-order valence-corrected chi connectivity index (χ4v) is 3.54. The van der Waals surface area contributed by atoms with Crippen molar-refractivity contribution in [3.63, 3.8) is 0 Å². The largest absolute Gasteiger partial charge is 0.493 e. The summed E-state index contributed by atoms with van der Waals surface area (Å²) in [6.45, 7) is 1.22. The molecule has 1 heterocycles. The normalized spacial score (nSPS) is 12.6. The first kappa shape index (κ1) is 22.1. The van der Waals surface area contributed by atoms with Crippen LogP contribution in [0.15, 0.2) is 60.7 Å². The molecule has 0 aromatic heterocycles. The molecule has 0 amide bonds. The molecule has 3 aromatic carbocycles. The van der Waals surface area contributed by atoms with E-state index in [0.29, 0.717) is 57.4 Å². The van der Waals surface area contributed by atoms with E-state index in [-0.39, 0.29) is 12.4 Å². The minimum Gasteiger partial charge on any atom is -0.493 e. The maximum Gasteiger partial charge on any atom is 0.185 e. The molecule has 5 nitrogen and oxygen atoms in total. The molecule has 0 aliphatic carbocycles. The molecular weight excluding hydrogens is 451 g/mol. The number of halogens is 2. The second kappa shape index (κ2) is 9.98. The molecule has 7 heteroatoms. The summed E-state index contributed by atoms with van der Waals surface area (Å²) in [4.78, 5) is 12.7. The minimum atomic E-state index is -0.166. The number of hydrogen-bond donors (Lipinski definition) is 0. The predicted molar refractivity (Wildman–Crippen MR) is 125 cm³/mol. The van der Waals surface area contributed by atoms with Crippen LogP contribution < -0.4 is 18.9 Å². The quantitative estimate of drug-likeness (QED) is 0.301. The van der Waals surface area contributed by atoms with Crippen LogP contribution in [-0.2, 0) is 6.61 Å². The molecule has 0 bridgehead atoms. The molecule has 0 radical (unpaired) electrons. The number of carbonyl (C=O) groups excluding carboxylic acids is 1. The summed E-state index contributed by atoms with van der Waals surface area (Å²) in [6.07, 6.45) is 3.19. The molecule has 3 aromatic rings. The van der Waals surface area contributed by atoms with Gasteiger partial charge in [0.15, 0.2) is 28.8 Å². The van der Waals surface area contributed by atoms with Gasteiger partial charge in [-0.05, 0) is 54.1 Å². The molecule has 0 unspecified atom stereocenters. The van der Waals surface area contributed by atoms with Crippen molar-refractivity contribution in [1.29, 1.82) is 0 Å². The first-order chi connectivity index (χ1) is 15.5. The van der Waals surface area contributed by atoms with Crippen molar-refractivity contribution in [2.75, 3.05) is 20.3 Å². The summed E-state index contributed by atoms with van der Waals surface area (Å²) < 4.78 is 22.5. The molecule has 164 valence electrons. The van der Waals surface area contributed by atoms with Crippen LogP contribution in [0.4, 0.5) is 0 Å². The third kappa shape index (κ3) is 5.01. The molecule has 0 saturated carbocycles. The van der Waals surface area contributed by atoms with Crippen molar-refractivity contribution in [1.82, 2.24) is 0 Å². The van der Waals surface area contributed by atoms with E-state index in [9.17, 15) is 4.79 Å². The number of ketones is 1. The molecule has 1 aliphatic heterocycles. The number of methoxy groups -OCH3 is 1. The Labute approximate surface area is 196 Å². The predicted octanol–water partition coefficient (Wildman–Crippen LogP) is 6.25. The van der Waals surface area contributed by atoms with Crippen LogP contribution in [0, 0.1) is 0 Å². The van der Waals surface area contributed by atoms with E-state index in [4.69, 9.17) is 42.1 Å². The lowest BCUT2D eigenvalue weighted by Gasteiger charge is -2.18. The van der Waals surface area contributed by atoms with Gasteiger partial charge in [0.2, 0.25) is 0 Å². The molecule has 0 spiro atoms. The van der Waals surface area contributed by atoms with Gasteiger partial charge in [0.25, 0.3) is 0 Å². The topological polar surface area (TPSA) is 54.0 Å². The van der Waals surface area contributed by atoms with Crippen molar-refractivity contribution in [3.05, 3.63) is 87.4 Å². The molecule has 0 saturated heterocycles. The van der Waals surface area contributed by atoms with E-state index in [1.807, 2.05) is 18.2 Å². The van der Waals surface area contributed by atoms with E-state index >= 15 is 0 Å². The van der Waals surface area contributed by atoms with Gasteiger partial charge in [-0.1, -0.05) is 41.4 Å². The summed E-state index contributed by atoms with van der Waals surface area (Å²) >= 11 is 12.1. The fraction of sp³-hybridized carbons (Fsp3) is 0.160. The Morgan fingerprint density at radius 3 is 2.59 bits per heavy atom. The number of para-hydroxylation sites is 1. The average Bonchev–Trinajstić information content (AvgIpc) is 2.83. The van der Waals surface area contributed by atoms with Gasteiger partial charge in [0.05, 0.1) is 17.2 Å². The van der Waals surface area contributed by atoms with Gasteiger partial charge in [-0.25, -0.2) is 0 Å². The van der Waals surface area contributed by atoms with Gasteiger partial charge in [-0.15, -0.1) is 0 Å². The molecule has 0 fully saturated rings. The lowest BCUT2D eigenvalue weighted by Crippen LogP contribution is -2.15. The lowest BCUT2D eigenvalue weighted by atomic mass is 10.1. The zero-order valence-corrected chi connectivity index (χ0v) is 18.8. The Morgan fingerprint density at radius 2 is 1.81 bits per heavy atom. The molecule has 32 heavy (non-hydrogen) atoms. The van der Waals surface area contributed by atoms with Gasteiger partial charge in [-0.3, -0.25) is 4.79 Å². The highest BCUT2D eigenvalue weighted by atomic mass is 35.5. The van der Waals surface area contributed by atoms with E-state index in [0.717, 1.165) is 5.56 Å². The number of allylic oxidation sites excluding steroid dienone is 1. The lowest BCUT2D eigenvalue weighted by molar-refractivity contribution is 0.104. The monoisotopic (exact) mass is 470 g/mol. The standard InChI is InChI=1S/C25H20Cl2O5/c1-29-23-4-2-3-17(25(23)32-15-16-5-8-19(26)20(27)13-16)6-9-21(28)18-7-10-22-24(14-18)31-12-11-30-22/h2-10,13-14H,11-12,15H2,1H3/b9-6+. The van der Waals surface area contributed by atoms with Crippen LogP contribution in [0.3, 0.4) is 0 Å². The highest BCUT2D eigenvalue weighted by Crippen LogP contribution is 2.34. The van der Waals surface area contributed by atoms with Gasteiger partial charge in [0, 0.05) is 11.1 Å². The summed E-state index contributed by atoms with van der Waals surface area (Å²) in [6, 6.07) is 15.9. The van der Waals surface area contributed by atoms with Crippen LogP contribution in [0.1, 0.15) is 21.5 Å². The Kier molecular flexibility index (Phi) is 6.88. The van der Waals surface area contributed by atoms with Crippen molar-refractivity contribution in [3.8, 4) is 23.0 Å². The smallest absolute Gasteiger partial charge is 0.185 e. The summed E-state index contributed by atoms with van der Waals surface area (Å²) in [5.74, 6) is 2.12. The maximum absolute atomic E-state index is 12.7. The zero-order valence-electron chi connectivity index (χ0n) is 17.3. The molecular formula is C25H20Cl2O5. The number of benzene rings is 3. The van der Waals surface area contributed by atoms with Crippen molar-refractivity contribution >= 4 is 35.1 Å². The molecule has 1 aliphatic rings. The Morgan fingerprint density at radius 1 is 1.00 bits per heavy atom. The second-order valence-electron chi connectivity index (χ2n) is 6.97. The SMILES string of the molecule is COc1cccc(/C=C/C(=O)c2ccc3c(c2)OCCO3)c1OCc1ccc(Cl)c(Cl)c1. The average molecular weight is 471 g/mol. The molecule has 4 rings (SSSR count). The first-order valence-electron chi connectivity index (χ1n) is 9.91. The zero-order chi connectivity index (χ0) is 22.5. The van der Waals surface area contributed by atoms with Crippen LogP contribution in [0.25, 0.3) is 6.08 Å². The number of rotatable bonds is 7. The first-order valence-corrected chi connectivity index (χ1v) is 10.7. The van der Waals surface area contributed by atoms with Gasteiger partial charge < -0.3 is 18.9 Å². The summed E-state index contributed by atoms with van der Waals surface area (Å²) in [5, 5.41) is 0.937. The van der Waals surface area contributed by atoms with Crippen LogP contribution >= 0.6 is 23.2 Å². The third-order valence-corrected chi connectivity index (χ3v) is 5.58. The van der Waals surface area contributed by atoms with Crippen molar-refractivity contribution in [2.45, 2.75) is 6.61 Å². The van der Waals surface area contributed by atoms with Gasteiger partial charge >= 0.3 is 0 Å². The number of carbonyl (C=O) groups is 1. The number of ether oxygens (including phenoxy) is 4. The van der Waals surface area contributed by atoms with Crippen LogP contribution in [0.5, 0.6) is 23.0 Å². The van der Waals surface area contributed by atoms with Gasteiger partial charge in [-0.2, -0.15) is 0 Å². The molecule has 0 N–H and O–H groups in total. The van der Waals surface area contributed by atoms with E-state index in [1.54, 1.807) is 49.6 Å². The van der Waals surface area contributed by atoms with Crippen molar-refractivity contribution in [2.24, 2.45) is 0 Å². The summed E-state index contributed by atoms with van der Waals surface area (Å²) in [7, 11) is 1.56. The fourth-order valence-electron chi connectivity index (χ4n) is 3.22. The second-order valence-corrected chi connectivity index (χ2v) is 7.79.